The molecular weight excluding hydrogens is 331 g/mol. The van der Waals surface area contributed by atoms with Crippen LogP contribution in [0.4, 0.5) is 23.7 Å². The normalized spacial score (nSPS) is 22.0. The van der Waals surface area contributed by atoms with Crippen molar-refractivity contribution in [3.63, 3.8) is 0 Å². The predicted molar refractivity (Wildman–Crippen MR) is 83.9 cm³/mol. The van der Waals surface area contributed by atoms with Gasteiger partial charge in [-0.15, -0.1) is 0 Å². The summed E-state index contributed by atoms with van der Waals surface area (Å²) in [6, 6.07) is 2.13. The van der Waals surface area contributed by atoms with Crippen LogP contribution >= 0.6 is 11.8 Å². The number of aromatic nitrogens is 1. The van der Waals surface area contributed by atoms with Crippen molar-refractivity contribution < 1.29 is 18.0 Å². The van der Waals surface area contributed by atoms with E-state index in [0.29, 0.717) is 11.1 Å². The zero-order valence-corrected chi connectivity index (χ0v) is 13.6. The van der Waals surface area contributed by atoms with Crippen molar-refractivity contribution in [2.75, 3.05) is 17.6 Å². The number of thioether (sulfide) groups is 1. The predicted octanol–water partition coefficient (Wildman–Crippen LogP) is 2.77. The highest BCUT2D eigenvalue weighted by Gasteiger charge is 2.30. The number of nitrogens with one attached hydrogen (secondary N) is 1. The standard InChI is InChI=1S/C14H18F3N3O2S/c1-9-10(2)23-7-6-20(9)13(22)18-11-4-3-5-19(12(11)21)8-14(15,16)17/h3-5,9-10H,6-8H2,1-2H3,(H,18,22)/t9-,10+/m0/s1. The minimum absolute atomic E-state index is 0.0186. The molecule has 1 N–H and O–H groups in total. The zero-order valence-electron chi connectivity index (χ0n) is 12.8. The highest BCUT2D eigenvalue weighted by atomic mass is 32.2. The molecule has 1 aromatic heterocycles. The first-order valence-corrected chi connectivity index (χ1v) is 8.19. The van der Waals surface area contributed by atoms with Gasteiger partial charge in [-0.3, -0.25) is 4.79 Å². The van der Waals surface area contributed by atoms with Gasteiger partial charge in [0.05, 0.1) is 0 Å². The number of amides is 2. The molecule has 0 unspecified atom stereocenters. The van der Waals surface area contributed by atoms with Gasteiger partial charge < -0.3 is 14.8 Å². The Bertz CT molecular complexity index is 632. The summed E-state index contributed by atoms with van der Waals surface area (Å²) in [6.45, 7) is 3.06. The molecule has 1 fully saturated rings. The van der Waals surface area contributed by atoms with Crippen LogP contribution in [0.15, 0.2) is 23.1 Å². The molecule has 0 saturated carbocycles. The molecule has 0 spiro atoms. The largest absolute Gasteiger partial charge is 0.406 e. The van der Waals surface area contributed by atoms with Gasteiger partial charge in [0, 0.05) is 29.8 Å². The van der Waals surface area contributed by atoms with E-state index in [4.69, 9.17) is 0 Å². The molecule has 2 rings (SSSR count). The second-order valence-corrected chi connectivity index (χ2v) is 6.90. The van der Waals surface area contributed by atoms with Gasteiger partial charge in [-0.1, -0.05) is 6.92 Å². The second-order valence-electron chi connectivity index (χ2n) is 5.41. The van der Waals surface area contributed by atoms with Crippen LogP contribution in [0, 0.1) is 0 Å². The van der Waals surface area contributed by atoms with Gasteiger partial charge in [-0.25, -0.2) is 4.79 Å². The molecule has 1 aromatic rings. The number of carbonyl (C=O) groups is 1. The van der Waals surface area contributed by atoms with E-state index in [9.17, 15) is 22.8 Å². The second kappa shape index (κ2) is 6.86. The Kier molecular flexibility index (Phi) is 5.28. The third-order valence-electron chi connectivity index (χ3n) is 3.76. The Labute approximate surface area is 135 Å². The summed E-state index contributed by atoms with van der Waals surface area (Å²) in [5.41, 5.74) is -1.02. The van der Waals surface area contributed by atoms with Crippen molar-refractivity contribution in [2.24, 2.45) is 0 Å². The number of pyridine rings is 1. The number of carbonyl (C=O) groups excluding carboxylic acids is 1. The number of hydrogen-bond acceptors (Lipinski definition) is 3. The number of halogens is 3. The summed E-state index contributed by atoms with van der Waals surface area (Å²) in [6.07, 6.45) is -3.45. The number of rotatable bonds is 2. The minimum atomic E-state index is -4.50. The van der Waals surface area contributed by atoms with Crippen molar-refractivity contribution in [3.8, 4) is 0 Å². The van der Waals surface area contributed by atoms with Crippen LogP contribution < -0.4 is 10.9 Å². The SMILES string of the molecule is C[C@H]1SCCN(C(=O)Nc2cccn(CC(F)(F)F)c2=O)[C@H]1C. The van der Waals surface area contributed by atoms with Crippen LogP contribution in [0.5, 0.6) is 0 Å². The van der Waals surface area contributed by atoms with Crippen LogP contribution in [0.25, 0.3) is 0 Å². The number of hydrogen-bond donors (Lipinski definition) is 1. The molecule has 0 bridgehead atoms. The Morgan fingerprint density at radius 1 is 1.43 bits per heavy atom. The van der Waals surface area contributed by atoms with Gasteiger partial charge in [0.1, 0.15) is 12.2 Å². The smallest absolute Gasteiger partial charge is 0.320 e. The van der Waals surface area contributed by atoms with E-state index in [0.717, 1.165) is 11.9 Å². The molecule has 0 radical (unpaired) electrons. The van der Waals surface area contributed by atoms with E-state index >= 15 is 0 Å². The summed E-state index contributed by atoms with van der Waals surface area (Å²) in [4.78, 5) is 25.9. The lowest BCUT2D eigenvalue weighted by molar-refractivity contribution is -0.141. The third-order valence-corrected chi connectivity index (χ3v) is 5.09. The fraction of sp³-hybridized carbons (Fsp3) is 0.571. The molecular formula is C14H18F3N3O2S. The van der Waals surface area contributed by atoms with E-state index < -0.39 is 24.3 Å². The zero-order chi connectivity index (χ0) is 17.2. The van der Waals surface area contributed by atoms with E-state index in [1.54, 1.807) is 16.7 Å². The average Bonchev–Trinajstić information content (AvgIpc) is 2.44. The van der Waals surface area contributed by atoms with Gasteiger partial charge in [-0.05, 0) is 19.1 Å². The third kappa shape index (κ3) is 4.43. The molecule has 2 heterocycles. The summed E-state index contributed by atoms with van der Waals surface area (Å²) < 4.78 is 37.9. The molecule has 0 aliphatic carbocycles. The summed E-state index contributed by atoms with van der Waals surface area (Å²) in [5.74, 6) is 0.784. The Morgan fingerprint density at radius 3 is 2.78 bits per heavy atom. The molecule has 5 nitrogen and oxygen atoms in total. The highest BCUT2D eigenvalue weighted by Crippen LogP contribution is 2.24. The monoisotopic (exact) mass is 349 g/mol. The number of anilines is 1. The molecule has 1 saturated heterocycles. The fourth-order valence-electron chi connectivity index (χ4n) is 2.36. The average molecular weight is 349 g/mol. The van der Waals surface area contributed by atoms with Crippen LogP contribution in [-0.4, -0.2) is 45.3 Å². The maximum atomic E-state index is 12.4. The molecule has 2 amide bonds. The quantitative estimate of drug-likeness (QED) is 0.893. The maximum absolute atomic E-state index is 12.4. The van der Waals surface area contributed by atoms with Gasteiger partial charge in [0.2, 0.25) is 0 Å². The van der Waals surface area contributed by atoms with Gasteiger partial charge >= 0.3 is 12.2 Å². The lowest BCUT2D eigenvalue weighted by atomic mass is 10.2. The van der Waals surface area contributed by atoms with Crippen LogP contribution in [0.1, 0.15) is 13.8 Å². The van der Waals surface area contributed by atoms with E-state index in [2.05, 4.69) is 5.32 Å². The van der Waals surface area contributed by atoms with E-state index in [1.165, 1.54) is 12.1 Å². The lowest BCUT2D eigenvalue weighted by Gasteiger charge is -2.37. The highest BCUT2D eigenvalue weighted by molar-refractivity contribution is 8.00. The topological polar surface area (TPSA) is 54.3 Å². The molecule has 1 aliphatic rings. The van der Waals surface area contributed by atoms with E-state index in [1.807, 2.05) is 13.8 Å². The fourth-order valence-corrected chi connectivity index (χ4v) is 3.46. The molecule has 9 heteroatoms. The van der Waals surface area contributed by atoms with Crippen LogP contribution in [0.3, 0.4) is 0 Å². The van der Waals surface area contributed by atoms with Crippen LogP contribution in [-0.2, 0) is 6.54 Å². The minimum Gasteiger partial charge on any atom is -0.320 e. The van der Waals surface area contributed by atoms with Crippen molar-refractivity contribution >= 4 is 23.5 Å². The first-order chi connectivity index (χ1) is 10.7. The molecule has 1 aliphatic heterocycles. The number of nitrogens with zero attached hydrogens (tertiary/aromatic N) is 2. The van der Waals surface area contributed by atoms with Gasteiger partial charge in [0.15, 0.2) is 0 Å². The van der Waals surface area contributed by atoms with Crippen LogP contribution in [0.2, 0.25) is 0 Å². The number of urea groups is 1. The number of alkyl halides is 3. The molecule has 2 atom stereocenters. The molecule has 23 heavy (non-hydrogen) atoms. The molecule has 128 valence electrons. The first kappa shape index (κ1) is 17.7. The summed E-state index contributed by atoms with van der Waals surface area (Å²) in [7, 11) is 0. The lowest BCUT2D eigenvalue weighted by Crippen LogP contribution is -2.50. The first-order valence-electron chi connectivity index (χ1n) is 7.14. The Morgan fingerprint density at radius 2 is 2.13 bits per heavy atom. The molecule has 0 aromatic carbocycles. The van der Waals surface area contributed by atoms with Crippen molar-refractivity contribution in [1.82, 2.24) is 9.47 Å². The van der Waals surface area contributed by atoms with Crippen molar-refractivity contribution in [3.05, 3.63) is 28.7 Å². The van der Waals surface area contributed by atoms with Crippen molar-refractivity contribution in [1.29, 1.82) is 0 Å². The van der Waals surface area contributed by atoms with Gasteiger partial charge in [0.25, 0.3) is 5.56 Å². The summed E-state index contributed by atoms with van der Waals surface area (Å²) >= 11 is 1.75. The van der Waals surface area contributed by atoms with Crippen molar-refractivity contribution in [2.45, 2.75) is 37.9 Å². The van der Waals surface area contributed by atoms with E-state index in [-0.39, 0.29) is 17.0 Å². The Balaban J connectivity index is 2.15. The Hall–Kier alpha value is -1.64. The van der Waals surface area contributed by atoms with Gasteiger partial charge in [-0.2, -0.15) is 24.9 Å². The summed E-state index contributed by atoms with van der Waals surface area (Å²) in [5, 5.41) is 2.69. The maximum Gasteiger partial charge on any atom is 0.406 e.